The van der Waals surface area contributed by atoms with Crippen LogP contribution in [0.2, 0.25) is 0 Å². The van der Waals surface area contributed by atoms with E-state index in [2.05, 4.69) is 15.4 Å². The van der Waals surface area contributed by atoms with Gasteiger partial charge in [-0.15, -0.1) is 0 Å². The highest BCUT2D eigenvalue weighted by Gasteiger charge is 2.25. The molecule has 0 aromatic heterocycles. The Morgan fingerprint density at radius 3 is 2.44 bits per heavy atom. The fraction of sp³-hybridized carbons (Fsp3) is 0.588. The molecule has 1 saturated heterocycles. The van der Waals surface area contributed by atoms with Crippen LogP contribution < -0.4 is 15.4 Å². The molecule has 4 N–H and O–H groups in total. The van der Waals surface area contributed by atoms with Gasteiger partial charge in [-0.2, -0.15) is 0 Å². The monoisotopic (exact) mass is 369 g/mol. The summed E-state index contributed by atoms with van der Waals surface area (Å²) in [7, 11) is -3.65. The first-order chi connectivity index (χ1) is 11.7. The molecule has 7 nitrogen and oxygen atoms in total. The molecule has 140 valence electrons. The summed E-state index contributed by atoms with van der Waals surface area (Å²) in [5.74, 6) is -0.238. The second kappa shape index (κ2) is 8.27. The van der Waals surface area contributed by atoms with Gasteiger partial charge in [-0.3, -0.25) is 4.79 Å². The van der Waals surface area contributed by atoms with Crippen molar-refractivity contribution in [3.8, 4) is 0 Å². The number of aryl methyl sites for hydroxylation is 3. The number of β-amino-alcohol motifs (C(OH)–C–C–N with tert-alkyl or cyclic N) is 1. The minimum absolute atomic E-state index is 0.00139. The van der Waals surface area contributed by atoms with Crippen molar-refractivity contribution in [3.05, 3.63) is 28.8 Å². The Balaban J connectivity index is 1.85. The first-order valence-corrected chi connectivity index (χ1v) is 9.92. The predicted molar refractivity (Wildman–Crippen MR) is 95.8 cm³/mol. The van der Waals surface area contributed by atoms with Gasteiger partial charge in [0.05, 0.1) is 11.0 Å². The molecule has 2 unspecified atom stereocenters. The smallest absolute Gasteiger partial charge is 0.241 e. The van der Waals surface area contributed by atoms with Gasteiger partial charge in [0, 0.05) is 38.5 Å². The van der Waals surface area contributed by atoms with Crippen LogP contribution in [0, 0.1) is 26.7 Å². The summed E-state index contributed by atoms with van der Waals surface area (Å²) in [6, 6.07) is 3.66. The van der Waals surface area contributed by atoms with Crippen LogP contribution in [-0.4, -0.2) is 51.7 Å². The third kappa shape index (κ3) is 5.24. The molecular weight excluding hydrogens is 342 g/mol. The molecule has 1 heterocycles. The Morgan fingerprint density at radius 1 is 1.24 bits per heavy atom. The quantitative estimate of drug-likeness (QED) is 0.540. The van der Waals surface area contributed by atoms with E-state index < -0.39 is 16.1 Å². The van der Waals surface area contributed by atoms with E-state index in [0.717, 1.165) is 5.56 Å². The number of hydrogen-bond donors (Lipinski definition) is 4. The number of aliphatic hydroxyl groups is 1. The van der Waals surface area contributed by atoms with Gasteiger partial charge in [0.15, 0.2) is 0 Å². The lowest BCUT2D eigenvalue weighted by Gasteiger charge is -2.15. The van der Waals surface area contributed by atoms with Crippen molar-refractivity contribution in [1.82, 2.24) is 15.4 Å². The van der Waals surface area contributed by atoms with Crippen LogP contribution in [0.4, 0.5) is 0 Å². The topological polar surface area (TPSA) is 108 Å². The van der Waals surface area contributed by atoms with Gasteiger partial charge in [-0.25, -0.2) is 13.1 Å². The van der Waals surface area contributed by atoms with E-state index in [1.54, 1.807) is 13.8 Å². The summed E-state index contributed by atoms with van der Waals surface area (Å²) >= 11 is 0. The Kier molecular flexibility index (Phi) is 6.56. The molecule has 1 fully saturated rings. The van der Waals surface area contributed by atoms with Crippen LogP contribution in [0.15, 0.2) is 17.0 Å². The molecular formula is C17H27N3O4S. The van der Waals surface area contributed by atoms with Gasteiger partial charge in [0.1, 0.15) is 0 Å². The van der Waals surface area contributed by atoms with Crippen LogP contribution in [0.1, 0.15) is 23.1 Å². The maximum absolute atomic E-state index is 12.5. The molecule has 1 aliphatic rings. The Hall–Kier alpha value is -1.48. The highest BCUT2D eigenvalue weighted by Crippen LogP contribution is 2.21. The maximum Gasteiger partial charge on any atom is 0.241 e. The number of hydrogen-bond acceptors (Lipinski definition) is 5. The molecule has 1 aliphatic heterocycles. The van der Waals surface area contributed by atoms with Gasteiger partial charge in [0.2, 0.25) is 15.9 Å². The summed E-state index contributed by atoms with van der Waals surface area (Å²) in [6.07, 6.45) is -0.398. The zero-order chi connectivity index (χ0) is 18.6. The molecule has 2 atom stereocenters. The lowest BCUT2D eigenvalue weighted by Crippen LogP contribution is -2.36. The van der Waals surface area contributed by atoms with Crippen molar-refractivity contribution in [2.24, 2.45) is 5.92 Å². The minimum Gasteiger partial charge on any atom is -0.391 e. The van der Waals surface area contributed by atoms with E-state index in [-0.39, 0.29) is 29.7 Å². The van der Waals surface area contributed by atoms with E-state index in [4.69, 9.17) is 0 Å². The van der Waals surface area contributed by atoms with Gasteiger partial charge in [0.25, 0.3) is 0 Å². The number of carbonyl (C=O) groups is 1. The van der Waals surface area contributed by atoms with Crippen molar-refractivity contribution in [2.45, 2.75) is 38.2 Å². The zero-order valence-corrected chi connectivity index (χ0v) is 15.7. The lowest BCUT2D eigenvalue weighted by molar-refractivity contribution is -0.121. The van der Waals surface area contributed by atoms with Gasteiger partial charge in [-0.1, -0.05) is 17.7 Å². The molecule has 2 rings (SSSR count). The molecule has 0 bridgehead atoms. The number of nitrogens with one attached hydrogen (secondary N) is 3. The number of benzene rings is 1. The van der Waals surface area contributed by atoms with E-state index >= 15 is 0 Å². The van der Waals surface area contributed by atoms with Crippen molar-refractivity contribution in [3.63, 3.8) is 0 Å². The second-order valence-corrected chi connectivity index (χ2v) is 8.37. The second-order valence-electron chi connectivity index (χ2n) is 6.67. The van der Waals surface area contributed by atoms with Crippen molar-refractivity contribution in [1.29, 1.82) is 0 Å². The van der Waals surface area contributed by atoms with Crippen molar-refractivity contribution in [2.75, 3.05) is 26.2 Å². The number of sulfonamides is 1. The minimum atomic E-state index is -3.65. The van der Waals surface area contributed by atoms with Crippen LogP contribution in [0.5, 0.6) is 0 Å². The van der Waals surface area contributed by atoms with Crippen molar-refractivity contribution >= 4 is 15.9 Å². The van der Waals surface area contributed by atoms with E-state index in [1.807, 2.05) is 19.1 Å². The first-order valence-electron chi connectivity index (χ1n) is 8.43. The van der Waals surface area contributed by atoms with E-state index in [0.29, 0.717) is 30.8 Å². The molecule has 0 spiro atoms. The third-order valence-electron chi connectivity index (χ3n) is 4.38. The third-order valence-corrected chi connectivity index (χ3v) is 6.15. The number of aliphatic hydroxyl groups excluding tert-OH is 1. The first kappa shape index (κ1) is 19.8. The summed E-state index contributed by atoms with van der Waals surface area (Å²) in [4.78, 5) is 12.1. The number of carbonyl (C=O) groups excluding carboxylic acids is 1. The standard InChI is InChI=1S/C17H27N3O4S/c1-11-6-12(2)17(13(3)7-11)25(23,24)20-5-4-16(22)19-9-14-8-18-10-15(14)21/h6-7,14-15,18,20-21H,4-5,8-10H2,1-3H3,(H,19,22). The van der Waals surface area contributed by atoms with E-state index in [9.17, 15) is 18.3 Å². The Morgan fingerprint density at radius 2 is 1.88 bits per heavy atom. The molecule has 25 heavy (non-hydrogen) atoms. The van der Waals surface area contributed by atoms with Crippen molar-refractivity contribution < 1.29 is 18.3 Å². The Labute approximate surface area is 149 Å². The summed E-state index contributed by atoms with van der Waals surface area (Å²) < 4.78 is 27.5. The average Bonchev–Trinajstić information content (AvgIpc) is 2.88. The Bertz CT molecular complexity index is 710. The van der Waals surface area contributed by atoms with Crippen LogP contribution in [-0.2, 0) is 14.8 Å². The summed E-state index contributed by atoms with van der Waals surface area (Å²) in [5.41, 5.74) is 2.39. The maximum atomic E-state index is 12.5. The van der Waals surface area contributed by atoms with E-state index in [1.165, 1.54) is 0 Å². The normalized spacial score (nSPS) is 20.6. The fourth-order valence-electron chi connectivity index (χ4n) is 3.22. The average molecular weight is 369 g/mol. The largest absolute Gasteiger partial charge is 0.391 e. The summed E-state index contributed by atoms with van der Waals surface area (Å²) in [6.45, 7) is 7.08. The SMILES string of the molecule is Cc1cc(C)c(S(=O)(=O)NCCC(=O)NCC2CNCC2O)c(C)c1. The molecule has 1 aromatic rings. The van der Waals surface area contributed by atoms with Crippen LogP contribution in [0.25, 0.3) is 0 Å². The van der Waals surface area contributed by atoms with Crippen LogP contribution >= 0.6 is 0 Å². The van der Waals surface area contributed by atoms with Crippen LogP contribution in [0.3, 0.4) is 0 Å². The van der Waals surface area contributed by atoms with Gasteiger partial charge in [-0.05, 0) is 31.9 Å². The molecule has 1 aromatic carbocycles. The highest BCUT2D eigenvalue weighted by molar-refractivity contribution is 7.89. The highest BCUT2D eigenvalue weighted by atomic mass is 32.2. The lowest BCUT2D eigenvalue weighted by atomic mass is 10.1. The molecule has 1 amide bonds. The van der Waals surface area contributed by atoms with Gasteiger partial charge < -0.3 is 15.7 Å². The number of rotatable bonds is 7. The fourth-order valence-corrected chi connectivity index (χ4v) is 4.70. The summed E-state index contributed by atoms with van der Waals surface area (Å²) in [5, 5.41) is 15.5. The molecule has 8 heteroatoms. The zero-order valence-electron chi connectivity index (χ0n) is 14.9. The predicted octanol–water partition coefficient (Wildman–Crippen LogP) is -0.0232. The number of amides is 1. The molecule has 0 radical (unpaired) electrons. The molecule has 0 aliphatic carbocycles. The van der Waals surface area contributed by atoms with Gasteiger partial charge >= 0.3 is 0 Å². The molecule has 0 saturated carbocycles.